The van der Waals surface area contributed by atoms with E-state index < -0.39 is 0 Å². The number of likely N-dealkylation sites (tertiary alicyclic amines) is 1. The molecule has 7 heteroatoms. The number of amides is 1. The minimum atomic E-state index is -0.191. The first-order valence-electron chi connectivity index (χ1n) is 10.8. The molecular weight excluding hydrogens is 481 g/mol. The van der Waals surface area contributed by atoms with E-state index in [1.54, 1.807) is 0 Å². The third-order valence-electron chi connectivity index (χ3n) is 7.65. The summed E-state index contributed by atoms with van der Waals surface area (Å²) in [7, 11) is 0. The van der Waals surface area contributed by atoms with Gasteiger partial charge in [-0.05, 0) is 76.2 Å². The maximum Gasteiger partial charge on any atom is 0.410 e. The van der Waals surface area contributed by atoms with Crippen molar-refractivity contribution in [3.05, 3.63) is 23.3 Å². The number of carbonyl (C=O) groups is 2. The van der Waals surface area contributed by atoms with Crippen LogP contribution in [-0.4, -0.2) is 43.9 Å². The Morgan fingerprint density at radius 2 is 1.79 bits per heavy atom. The zero-order chi connectivity index (χ0) is 20.3. The fourth-order valence-corrected chi connectivity index (χ4v) is 7.34. The highest BCUT2D eigenvalue weighted by atomic mass is 127. The lowest BCUT2D eigenvalue weighted by atomic mass is 9.49. The Morgan fingerprint density at radius 1 is 1.14 bits per heavy atom. The lowest BCUT2D eigenvalue weighted by molar-refractivity contribution is -0.153. The molecule has 5 fully saturated rings. The van der Waals surface area contributed by atoms with Crippen molar-refractivity contribution in [1.82, 2.24) is 14.9 Å². The van der Waals surface area contributed by atoms with Gasteiger partial charge >= 0.3 is 6.09 Å². The van der Waals surface area contributed by atoms with E-state index in [1.807, 2.05) is 47.4 Å². The summed E-state index contributed by atoms with van der Waals surface area (Å²) in [5.74, 6) is 2.36. The average molecular weight is 509 g/mol. The molecule has 0 N–H and O–H groups in total. The standard InChI is InChI=1S/C22H28IN3O3/c1-12-5-13(2)25-19(24-12)15-3-4-26(11-15)21(28)29-18-16-6-14-7-17(18)10-22(8-14,9-16)20(23)27/h5,14-18H,3-4,6-11H2,1-2H3. The molecule has 5 aliphatic rings. The molecule has 3 atom stereocenters. The van der Waals surface area contributed by atoms with E-state index in [4.69, 9.17) is 4.74 Å². The number of ether oxygens (including phenoxy) is 1. The van der Waals surface area contributed by atoms with Gasteiger partial charge in [-0.15, -0.1) is 0 Å². The normalized spacial score (nSPS) is 37.8. The van der Waals surface area contributed by atoms with Crippen LogP contribution in [0.25, 0.3) is 0 Å². The fraction of sp³-hybridized carbons (Fsp3) is 0.727. The Morgan fingerprint density at radius 3 is 2.41 bits per heavy atom. The van der Waals surface area contributed by atoms with Crippen molar-refractivity contribution in [2.45, 2.75) is 64.4 Å². The number of hydrogen-bond acceptors (Lipinski definition) is 5. The van der Waals surface area contributed by atoms with Crippen LogP contribution >= 0.6 is 22.6 Å². The van der Waals surface area contributed by atoms with Crippen LogP contribution in [0, 0.1) is 37.0 Å². The smallest absolute Gasteiger partial charge is 0.410 e. The van der Waals surface area contributed by atoms with E-state index in [2.05, 4.69) is 9.97 Å². The van der Waals surface area contributed by atoms with Crippen LogP contribution in [-0.2, 0) is 9.53 Å². The van der Waals surface area contributed by atoms with Crippen molar-refractivity contribution >= 4 is 32.5 Å². The molecule has 6 nitrogen and oxygen atoms in total. The Bertz CT molecular complexity index is 823. The highest BCUT2D eigenvalue weighted by molar-refractivity contribution is 14.1. The molecule has 1 aromatic heterocycles. The predicted molar refractivity (Wildman–Crippen MR) is 116 cm³/mol. The first kappa shape index (κ1) is 19.7. The molecule has 6 rings (SSSR count). The van der Waals surface area contributed by atoms with Crippen molar-refractivity contribution in [3.63, 3.8) is 0 Å². The number of halogens is 1. The van der Waals surface area contributed by atoms with Crippen LogP contribution < -0.4 is 0 Å². The van der Waals surface area contributed by atoms with Gasteiger partial charge in [0.2, 0.25) is 0 Å². The van der Waals surface area contributed by atoms with E-state index in [0.717, 1.165) is 55.7 Å². The molecule has 1 aliphatic heterocycles. The van der Waals surface area contributed by atoms with Crippen LogP contribution in [0.3, 0.4) is 0 Å². The van der Waals surface area contributed by atoms with Crippen molar-refractivity contribution in [2.75, 3.05) is 13.1 Å². The van der Waals surface area contributed by atoms with Crippen LogP contribution in [0.4, 0.5) is 4.79 Å². The third kappa shape index (κ3) is 3.47. The third-order valence-corrected chi connectivity index (χ3v) is 8.80. The number of aromatic nitrogens is 2. The second-order valence-corrected chi connectivity index (χ2v) is 10.8. The second kappa shape index (κ2) is 7.17. The van der Waals surface area contributed by atoms with Crippen LogP contribution in [0.2, 0.25) is 0 Å². The number of carbonyl (C=O) groups excluding carboxylic acids is 2. The summed E-state index contributed by atoms with van der Waals surface area (Å²) < 4.78 is 6.41. The van der Waals surface area contributed by atoms with Gasteiger partial charge in [0.1, 0.15) is 11.9 Å². The summed E-state index contributed by atoms with van der Waals surface area (Å²) in [6.07, 6.45) is 5.75. The molecule has 2 heterocycles. The molecular formula is C22H28IN3O3. The molecule has 0 aromatic carbocycles. The number of hydrogen-bond donors (Lipinski definition) is 0. The Kier molecular flexibility index (Phi) is 4.87. The Labute approximate surface area is 185 Å². The Balaban J connectivity index is 1.24. The van der Waals surface area contributed by atoms with Crippen molar-refractivity contribution in [3.8, 4) is 0 Å². The van der Waals surface area contributed by atoms with Crippen LogP contribution in [0.15, 0.2) is 6.07 Å². The molecule has 156 valence electrons. The van der Waals surface area contributed by atoms with Crippen LogP contribution in [0.5, 0.6) is 0 Å². The second-order valence-electron chi connectivity index (χ2n) is 9.81. The van der Waals surface area contributed by atoms with Crippen molar-refractivity contribution in [1.29, 1.82) is 0 Å². The number of nitrogens with zero attached hydrogens (tertiary/aromatic N) is 3. The van der Waals surface area contributed by atoms with E-state index in [-0.39, 0.29) is 23.5 Å². The molecule has 1 saturated heterocycles. The molecule has 3 unspecified atom stereocenters. The van der Waals surface area contributed by atoms with E-state index >= 15 is 0 Å². The molecule has 1 amide bonds. The minimum Gasteiger partial charge on any atom is -0.446 e. The molecule has 29 heavy (non-hydrogen) atoms. The van der Waals surface area contributed by atoms with E-state index in [0.29, 0.717) is 34.6 Å². The molecule has 1 aromatic rings. The minimum absolute atomic E-state index is 0.0144. The highest BCUT2D eigenvalue weighted by Crippen LogP contribution is 2.61. The monoisotopic (exact) mass is 509 g/mol. The molecule has 0 radical (unpaired) electrons. The molecule has 4 bridgehead atoms. The van der Waals surface area contributed by atoms with Gasteiger partial charge in [-0.2, -0.15) is 0 Å². The van der Waals surface area contributed by atoms with Gasteiger partial charge in [0.15, 0.2) is 3.79 Å². The largest absolute Gasteiger partial charge is 0.446 e. The van der Waals surface area contributed by atoms with Crippen molar-refractivity contribution < 1.29 is 14.3 Å². The summed E-state index contributed by atoms with van der Waals surface area (Å²) >= 11 is 2.00. The van der Waals surface area contributed by atoms with Gasteiger partial charge in [0.25, 0.3) is 0 Å². The summed E-state index contributed by atoms with van der Waals surface area (Å²) in [4.78, 5) is 36.3. The van der Waals surface area contributed by atoms with E-state index in [9.17, 15) is 9.59 Å². The first-order chi connectivity index (χ1) is 13.8. The molecule has 0 spiro atoms. The van der Waals surface area contributed by atoms with Gasteiger partial charge in [0.05, 0.1) is 0 Å². The SMILES string of the molecule is Cc1cc(C)nc(C2CCN(C(=O)OC3C4CC5CC3CC(C(=O)I)(C5)C4)C2)n1. The number of aryl methyl sites for hydroxylation is 2. The zero-order valence-corrected chi connectivity index (χ0v) is 19.2. The van der Waals surface area contributed by atoms with Gasteiger partial charge in [0, 0.05) is 58.4 Å². The van der Waals surface area contributed by atoms with Crippen LogP contribution in [0.1, 0.15) is 61.7 Å². The zero-order valence-electron chi connectivity index (χ0n) is 17.1. The molecule has 4 aliphatic carbocycles. The maximum atomic E-state index is 13.0. The van der Waals surface area contributed by atoms with Gasteiger partial charge in [-0.3, -0.25) is 4.79 Å². The predicted octanol–water partition coefficient (Wildman–Crippen LogP) is 4.18. The highest BCUT2D eigenvalue weighted by Gasteiger charge is 2.59. The van der Waals surface area contributed by atoms with Gasteiger partial charge in [-0.25, -0.2) is 14.8 Å². The maximum absolute atomic E-state index is 13.0. The average Bonchev–Trinajstić information content (AvgIpc) is 3.13. The van der Waals surface area contributed by atoms with E-state index in [1.165, 1.54) is 0 Å². The Hall–Kier alpha value is -1.25. The summed E-state index contributed by atoms with van der Waals surface area (Å²) in [6.45, 7) is 5.29. The lowest BCUT2D eigenvalue weighted by Gasteiger charge is -2.58. The summed E-state index contributed by atoms with van der Waals surface area (Å²) in [5, 5.41) is 0. The summed E-state index contributed by atoms with van der Waals surface area (Å²) in [5.41, 5.74) is 1.81. The molecule has 4 saturated carbocycles. The quantitative estimate of drug-likeness (QED) is 0.452. The first-order valence-corrected chi connectivity index (χ1v) is 11.9. The van der Waals surface area contributed by atoms with Gasteiger partial charge in [-0.1, -0.05) is 0 Å². The summed E-state index contributed by atoms with van der Waals surface area (Å²) in [6, 6.07) is 1.98. The van der Waals surface area contributed by atoms with Gasteiger partial charge < -0.3 is 9.64 Å². The lowest BCUT2D eigenvalue weighted by Crippen LogP contribution is -2.57. The van der Waals surface area contributed by atoms with Crippen molar-refractivity contribution in [2.24, 2.45) is 23.2 Å². The number of rotatable bonds is 3. The topological polar surface area (TPSA) is 72.4 Å². The fourth-order valence-electron chi connectivity index (χ4n) is 6.67.